The van der Waals surface area contributed by atoms with Gasteiger partial charge in [0, 0.05) is 29.6 Å². The highest BCUT2D eigenvalue weighted by Gasteiger charge is 2.16. The summed E-state index contributed by atoms with van der Waals surface area (Å²) in [7, 11) is 3.35. The molecule has 0 N–H and O–H groups in total. The molecule has 3 heteroatoms. The van der Waals surface area contributed by atoms with Gasteiger partial charge in [0.15, 0.2) is 0 Å². The first-order chi connectivity index (χ1) is 12.9. The molecule has 0 amide bonds. The van der Waals surface area contributed by atoms with Crippen LogP contribution in [0.1, 0.15) is 22.3 Å². The molecule has 3 aromatic carbocycles. The Kier molecular flexibility index (Phi) is 5.41. The third-order valence-electron chi connectivity index (χ3n) is 5.09. The van der Waals surface area contributed by atoms with Gasteiger partial charge in [0.05, 0.1) is 19.9 Å². The molecule has 0 aliphatic heterocycles. The fraction of sp³-hybridized carbons (Fsp3) is 0.250. The lowest BCUT2D eigenvalue weighted by Gasteiger charge is -2.27. The second-order valence-corrected chi connectivity index (χ2v) is 6.94. The van der Waals surface area contributed by atoms with Crippen LogP contribution in [0.4, 0.5) is 17.1 Å². The van der Waals surface area contributed by atoms with Crippen molar-refractivity contribution >= 4 is 17.1 Å². The summed E-state index contributed by atoms with van der Waals surface area (Å²) in [6.45, 7) is 8.55. The van der Waals surface area contributed by atoms with E-state index >= 15 is 0 Å². The maximum atomic E-state index is 5.50. The van der Waals surface area contributed by atoms with Crippen LogP contribution in [-0.4, -0.2) is 14.2 Å². The molecular formula is C24H27NO2. The van der Waals surface area contributed by atoms with Crippen molar-refractivity contribution in [3.05, 3.63) is 76.9 Å². The standard InChI is InChI=1S/C24H27NO2/c1-16-7-9-20(11-18(16)3)25(21-10-8-17(2)19(4)12-21)22-13-23(26-5)15-24(14-22)27-6/h7-15H,1-6H3. The van der Waals surface area contributed by atoms with Crippen molar-refractivity contribution in [3.8, 4) is 11.5 Å². The van der Waals surface area contributed by atoms with E-state index in [1.54, 1.807) is 14.2 Å². The van der Waals surface area contributed by atoms with Crippen LogP contribution in [0, 0.1) is 27.7 Å². The molecule has 0 fully saturated rings. The molecule has 3 aromatic rings. The first kappa shape index (κ1) is 18.8. The van der Waals surface area contributed by atoms with E-state index < -0.39 is 0 Å². The average molecular weight is 361 g/mol. The molecule has 0 aliphatic carbocycles. The Morgan fingerprint density at radius 2 is 0.963 bits per heavy atom. The van der Waals surface area contributed by atoms with Gasteiger partial charge in [-0.05, 0) is 74.2 Å². The van der Waals surface area contributed by atoms with E-state index in [4.69, 9.17) is 9.47 Å². The zero-order chi connectivity index (χ0) is 19.6. The minimum absolute atomic E-state index is 0.766. The number of nitrogens with zero attached hydrogens (tertiary/aromatic N) is 1. The fourth-order valence-corrected chi connectivity index (χ4v) is 3.10. The van der Waals surface area contributed by atoms with E-state index in [0.717, 1.165) is 28.6 Å². The van der Waals surface area contributed by atoms with E-state index in [0.29, 0.717) is 0 Å². The van der Waals surface area contributed by atoms with Crippen LogP contribution in [0.3, 0.4) is 0 Å². The number of rotatable bonds is 5. The predicted octanol–water partition coefficient (Wildman–Crippen LogP) is 6.41. The Morgan fingerprint density at radius 3 is 1.33 bits per heavy atom. The van der Waals surface area contributed by atoms with Gasteiger partial charge in [0.2, 0.25) is 0 Å². The van der Waals surface area contributed by atoms with Crippen molar-refractivity contribution in [2.45, 2.75) is 27.7 Å². The number of benzene rings is 3. The van der Waals surface area contributed by atoms with Gasteiger partial charge in [-0.25, -0.2) is 0 Å². The summed E-state index contributed by atoms with van der Waals surface area (Å²) in [5.41, 5.74) is 8.29. The number of methoxy groups -OCH3 is 2. The SMILES string of the molecule is COc1cc(OC)cc(N(c2ccc(C)c(C)c2)c2ccc(C)c(C)c2)c1. The Bertz CT molecular complexity index is 889. The van der Waals surface area contributed by atoms with Crippen molar-refractivity contribution in [1.29, 1.82) is 0 Å². The van der Waals surface area contributed by atoms with Crippen molar-refractivity contribution in [2.24, 2.45) is 0 Å². The Balaban J connectivity index is 2.23. The average Bonchev–Trinajstić information content (AvgIpc) is 2.67. The van der Waals surface area contributed by atoms with Gasteiger partial charge in [-0.2, -0.15) is 0 Å². The maximum Gasteiger partial charge on any atom is 0.124 e. The van der Waals surface area contributed by atoms with Crippen LogP contribution in [0.2, 0.25) is 0 Å². The van der Waals surface area contributed by atoms with Crippen LogP contribution in [-0.2, 0) is 0 Å². The second-order valence-electron chi connectivity index (χ2n) is 6.94. The van der Waals surface area contributed by atoms with Crippen LogP contribution < -0.4 is 14.4 Å². The zero-order valence-electron chi connectivity index (χ0n) is 17.0. The lowest BCUT2D eigenvalue weighted by atomic mass is 10.1. The molecule has 0 aromatic heterocycles. The highest BCUT2D eigenvalue weighted by molar-refractivity contribution is 5.79. The lowest BCUT2D eigenvalue weighted by molar-refractivity contribution is 0.394. The van der Waals surface area contributed by atoms with Gasteiger partial charge in [-0.1, -0.05) is 12.1 Å². The summed E-state index contributed by atoms with van der Waals surface area (Å²) in [5.74, 6) is 1.53. The minimum Gasteiger partial charge on any atom is -0.497 e. The smallest absolute Gasteiger partial charge is 0.124 e. The summed E-state index contributed by atoms with van der Waals surface area (Å²) in [4.78, 5) is 2.24. The molecular weight excluding hydrogens is 334 g/mol. The molecule has 3 rings (SSSR count). The van der Waals surface area contributed by atoms with Crippen LogP contribution in [0.25, 0.3) is 0 Å². The topological polar surface area (TPSA) is 21.7 Å². The summed E-state index contributed by atoms with van der Waals surface area (Å²) in [5, 5.41) is 0. The van der Waals surface area contributed by atoms with Crippen LogP contribution >= 0.6 is 0 Å². The predicted molar refractivity (Wildman–Crippen MR) is 113 cm³/mol. The number of anilines is 3. The molecule has 0 unspecified atom stereocenters. The van der Waals surface area contributed by atoms with Crippen molar-refractivity contribution in [2.75, 3.05) is 19.1 Å². The van der Waals surface area contributed by atoms with E-state index in [-0.39, 0.29) is 0 Å². The van der Waals surface area contributed by atoms with Gasteiger partial charge in [-0.3, -0.25) is 0 Å². The molecule has 0 saturated heterocycles. The molecule has 3 nitrogen and oxygen atoms in total. The molecule has 0 bridgehead atoms. The third-order valence-corrected chi connectivity index (χ3v) is 5.09. The molecule has 27 heavy (non-hydrogen) atoms. The molecule has 0 aliphatic rings. The van der Waals surface area contributed by atoms with E-state index in [9.17, 15) is 0 Å². The van der Waals surface area contributed by atoms with Gasteiger partial charge >= 0.3 is 0 Å². The van der Waals surface area contributed by atoms with E-state index in [1.165, 1.54) is 22.3 Å². The van der Waals surface area contributed by atoms with Crippen LogP contribution in [0.15, 0.2) is 54.6 Å². The number of aryl methyl sites for hydroxylation is 4. The Labute approximate surface area is 162 Å². The Hall–Kier alpha value is -2.94. The van der Waals surface area contributed by atoms with Gasteiger partial charge in [0.25, 0.3) is 0 Å². The number of hydrogen-bond donors (Lipinski definition) is 0. The normalized spacial score (nSPS) is 10.6. The monoisotopic (exact) mass is 361 g/mol. The van der Waals surface area contributed by atoms with E-state index in [2.05, 4.69) is 69.0 Å². The van der Waals surface area contributed by atoms with Crippen molar-refractivity contribution < 1.29 is 9.47 Å². The highest BCUT2D eigenvalue weighted by atomic mass is 16.5. The van der Waals surface area contributed by atoms with Gasteiger partial charge in [0.1, 0.15) is 11.5 Å². The molecule has 0 heterocycles. The Morgan fingerprint density at radius 1 is 0.519 bits per heavy atom. The molecule has 0 radical (unpaired) electrons. The molecule has 140 valence electrons. The zero-order valence-corrected chi connectivity index (χ0v) is 17.0. The van der Waals surface area contributed by atoms with Gasteiger partial charge in [-0.15, -0.1) is 0 Å². The molecule has 0 saturated carbocycles. The first-order valence-electron chi connectivity index (χ1n) is 9.10. The maximum absolute atomic E-state index is 5.50. The van der Waals surface area contributed by atoms with Crippen molar-refractivity contribution in [1.82, 2.24) is 0 Å². The summed E-state index contributed by atoms with van der Waals surface area (Å²) >= 11 is 0. The summed E-state index contributed by atoms with van der Waals surface area (Å²) < 4.78 is 11.0. The second kappa shape index (κ2) is 7.75. The van der Waals surface area contributed by atoms with Crippen molar-refractivity contribution in [3.63, 3.8) is 0 Å². The lowest BCUT2D eigenvalue weighted by Crippen LogP contribution is -2.11. The minimum atomic E-state index is 0.766. The third kappa shape index (κ3) is 3.92. The summed E-state index contributed by atoms with van der Waals surface area (Å²) in [6.07, 6.45) is 0. The molecule has 0 atom stereocenters. The van der Waals surface area contributed by atoms with Crippen LogP contribution in [0.5, 0.6) is 11.5 Å². The van der Waals surface area contributed by atoms with E-state index in [1.807, 2.05) is 18.2 Å². The molecule has 0 spiro atoms. The highest BCUT2D eigenvalue weighted by Crippen LogP contribution is 2.39. The quantitative estimate of drug-likeness (QED) is 0.524. The summed E-state index contributed by atoms with van der Waals surface area (Å²) in [6, 6.07) is 19.0. The fourth-order valence-electron chi connectivity index (χ4n) is 3.10. The number of ether oxygens (including phenoxy) is 2. The number of hydrogen-bond acceptors (Lipinski definition) is 3. The first-order valence-corrected chi connectivity index (χ1v) is 9.10. The largest absolute Gasteiger partial charge is 0.497 e. The van der Waals surface area contributed by atoms with Gasteiger partial charge < -0.3 is 14.4 Å².